The van der Waals surface area contributed by atoms with E-state index in [1.54, 1.807) is 7.11 Å². The topological polar surface area (TPSA) is 24.5 Å². The lowest BCUT2D eigenvalue weighted by molar-refractivity contribution is 0.249. The lowest BCUT2D eigenvalue weighted by Gasteiger charge is -2.23. The van der Waals surface area contributed by atoms with Gasteiger partial charge in [-0.05, 0) is 43.6 Å². The van der Waals surface area contributed by atoms with Gasteiger partial charge >= 0.3 is 0 Å². The first-order valence-corrected chi connectivity index (χ1v) is 6.81. The Morgan fingerprint density at radius 3 is 2.89 bits per heavy atom. The Bertz CT molecular complexity index is 386. The second-order valence-electron chi connectivity index (χ2n) is 5.06. The van der Waals surface area contributed by atoms with E-state index in [4.69, 9.17) is 4.74 Å². The molecule has 0 saturated carbocycles. The van der Waals surface area contributed by atoms with Crippen LogP contribution in [0.3, 0.4) is 0 Å². The van der Waals surface area contributed by atoms with Crippen LogP contribution in [0.1, 0.15) is 24.5 Å². The van der Waals surface area contributed by atoms with Crippen LogP contribution in [0.4, 0.5) is 0 Å². The summed E-state index contributed by atoms with van der Waals surface area (Å²) in [5.41, 5.74) is 2.68. The highest BCUT2D eigenvalue weighted by molar-refractivity contribution is 5.37. The summed E-state index contributed by atoms with van der Waals surface area (Å²) < 4.78 is 5.37. The molecule has 3 nitrogen and oxygen atoms in total. The Hall–Kier alpha value is -1.06. The second-order valence-corrected chi connectivity index (χ2v) is 5.06. The van der Waals surface area contributed by atoms with Crippen LogP contribution in [0, 0.1) is 0 Å². The third-order valence-electron chi connectivity index (χ3n) is 3.82. The largest absolute Gasteiger partial charge is 0.496 e. The third kappa shape index (κ3) is 3.03. The summed E-state index contributed by atoms with van der Waals surface area (Å²) >= 11 is 0. The molecule has 1 saturated heterocycles. The summed E-state index contributed by atoms with van der Waals surface area (Å²) in [7, 11) is 3.96. The molecule has 1 N–H and O–H groups in total. The quantitative estimate of drug-likeness (QED) is 0.863. The van der Waals surface area contributed by atoms with Crippen LogP contribution < -0.4 is 10.1 Å². The summed E-state index contributed by atoms with van der Waals surface area (Å²) in [6, 6.07) is 7.22. The second kappa shape index (κ2) is 6.21. The van der Waals surface area contributed by atoms with Gasteiger partial charge in [-0.15, -0.1) is 0 Å². The smallest absolute Gasteiger partial charge is 0.122 e. The molecule has 1 aliphatic heterocycles. The minimum absolute atomic E-state index is 0.678. The van der Waals surface area contributed by atoms with E-state index in [1.807, 2.05) is 0 Å². The Balaban J connectivity index is 2.04. The van der Waals surface area contributed by atoms with E-state index >= 15 is 0 Å². The maximum Gasteiger partial charge on any atom is 0.122 e. The number of likely N-dealkylation sites (N-methyl/N-ethyl adjacent to an activating group) is 1. The van der Waals surface area contributed by atoms with E-state index in [0.717, 1.165) is 31.8 Å². The average molecular weight is 248 g/mol. The van der Waals surface area contributed by atoms with Gasteiger partial charge in [-0.25, -0.2) is 0 Å². The van der Waals surface area contributed by atoms with Crippen LogP contribution in [0.25, 0.3) is 0 Å². The van der Waals surface area contributed by atoms with Crippen LogP contribution in [-0.2, 0) is 13.0 Å². The molecule has 1 aromatic rings. The van der Waals surface area contributed by atoms with Gasteiger partial charge in [0.1, 0.15) is 5.75 Å². The molecule has 1 heterocycles. The molecule has 1 aliphatic rings. The highest BCUT2D eigenvalue weighted by atomic mass is 16.5. The van der Waals surface area contributed by atoms with Crippen LogP contribution in [0.2, 0.25) is 0 Å². The predicted molar refractivity (Wildman–Crippen MR) is 75.1 cm³/mol. The van der Waals surface area contributed by atoms with Gasteiger partial charge in [-0.3, -0.25) is 4.90 Å². The molecule has 1 fully saturated rings. The highest BCUT2D eigenvalue weighted by Gasteiger charge is 2.19. The van der Waals surface area contributed by atoms with Crippen molar-refractivity contribution in [2.24, 2.45) is 0 Å². The summed E-state index contributed by atoms with van der Waals surface area (Å²) in [5, 5.41) is 3.42. The number of rotatable bonds is 5. The molecule has 100 valence electrons. The van der Waals surface area contributed by atoms with Gasteiger partial charge in [0.2, 0.25) is 0 Å². The monoisotopic (exact) mass is 248 g/mol. The standard InChI is InChI=1S/C15H24N2O/c1-4-13-9-12(5-6-15(13)18-3)11-17(2)14-7-8-16-10-14/h5-6,9,14,16H,4,7-8,10-11H2,1-3H3. The molecule has 18 heavy (non-hydrogen) atoms. The van der Waals surface area contributed by atoms with Crippen molar-refractivity contribution < 1.29 is 4.74 Å². The molecule has 0 aliphatic carbocycles. The van der Waals surface area contributed by atoms with E-state index in [9.17, 15) is 0 Å². The maximum absolute atomic E-state index is 5.37. The van der Waals surface area contributed by atoms with Crippen molar-refractivity contribution in [3.8, 4) is 5.75 Å². The van der Waals surface area contributed by atoms with Crippen molar-refractivity contribution in [1.82, 2.24) is 10.2 Å². The maximum atomic E-state index is 5.37. The normalized spacial score (nSPS) is 19.4. The number of hydrogen-bond donors (Lipinski definition) is 1. The predicted octanol–water partition coefficient (Wildman–Crippen LogP) is 2.05. The summed E-state index contributed by atoms with van der Waals surface area (Å²) in [6.45, 7) is 5.46. The van der Waals surface area contributed by atoms with Crippen LogP contribution in [-0.4, -0.2) is 38.2 Å². The van der Waals surface area contributed by atoms with E-state index in [1.165, 1.54) is 17.5 Å². The van der Waals surface area contributed by atoms with Gasteiger partial charge in [0.25, 0.3) is 0 Å². The van der Waals surface area contributed by atoms with E-state index in [0.29, 0.717) is 6.04 Å². The van der Waals surface area contributed by atoms with Gasteiger partial charge in [0, 0.05) is 19.1 Å². The molecule has 0 aromatic heterocycles. The van der Waals surface area contributed by atoms with E-state index < -0.39 is 0 Å². The fraction of sp³-hybridized carbons (Fsp3) is 0.600. The Kier molecular flexibility index (Phi) is 4.61. The fourth-order valence-corrected chi connectivity index (χ4v) is 2.64. The number of methoxy groups -OCH3 is 1. The zero-order valence-electron chi connectivity index (χ0n) is 11.7. The highest BCUT2D eigenvalue weighted by Crippen LogP contribution is 2.21. The molecular weight excluding hydrogens is 224 g/mol. The molecule has 0 amide bonds. The molecular formula is C15H24N2O. The van der Waals surface area contributed by atoms with Crippen LogP contribution in [0.15, 0.2) is 18.2 Å². The van der Waals surface area contributed by atoms with Crippen molar-refractivity contribution in [2.75, 3.05) is 27.2 Å². The Morgan fingerprint density at radius 2 is 2.28 bits per heavy atom. The van der Waals surface area contributed by atoms with Crippen molar-refractivity contribution in [2.45, 2.75) is 32.4 Å². The average Bonchev–Trinajstić information content (AvgIpc) is 2.92. The minimum Gasteiger partial charge on any atom is -0.496 e. The number of nitrogens with one attached hydrogen (secondary N) is 1. The molecule has 0 bridgehead atoms. The summed E-state index contributed by atoms with van der Waals surface area (Å²) in [5.74, 6) is 1.01. The Labute approximate surface area is 110 Å². The number of benzene rings is 1. The molecule has 0 spiro atoms. The number of ether oxygens (including phenoxy) is 1. The van der Waals surface area contributed by atoms with Crippen LogP contribution >= 0.6 is 0 Å². The SMILES string of the molecule is CCc1cc(CN(C)C2CCNC2)ccc1OC. The van der Waals surface area contributed by atoms with Crippen molar-refractivity contribution in [1.29, 1.82) is 0 Å². The van der Waals surface area contributed by atoms with Gasteiger partial charge in [-0.1, -0.05) is 19.1 Å². The van der Waals surface area contributed by atoms with Crippen molar-refractivity contribution in [3.63, 3.8) is 0 Å². The lowest BCUT2D eigenvalue weighted by Crippen LogP contribution is -2.32. The van der Waals surface area contributed by atoms with Crippen molar-refractivity contribution >= 4 is 0 Å². The fourth-order valence-electron chi connectivity index (χ4n) is 2.64. The first-order chi connectivity index (χ1) is 8.74. The zero-order chi connectivity index (χ0) is 13.0. The Morgan fingerprint density at radius 1 is 1.44 bits per heavy atom. The summed E-state index contributed by atoms with van der Waals surface area (Å²) in [4.78, 5) is 2.45. The van der Waals surface area contributed by atoms with Crippen LogP contribution in [0.5, 0.6) is 5.75 Å². The van der Waals surface area contributed by atoms with Gasteiger partial charge in [-0.2, -0.15) is 0 Å². The summed E-state index contributed by atoms with van der Waals surface area (Å²) in [6.07, 6.45) is 2.28. The number of hydrogen-bond acceptors (Lipinski definition) is 3. The lowest BCUT2D eigenvalue weighted by atomic mass is 10.1. The van der Waals surface area contributed by atoms with Gasteiger partial charge in [0.15, 0.2) is 0 Å². The van der Waals surface area contributed by atoms with Gasteiger partial charge in [0.05, 0.1) is 7.11 Å². The zero-order valence-corrected chi connectivity index (χ0v) is 11.7. The third-order valence-corrected chi connectivity index (χ3v) is 3.82. The first kappa shape index (κ1) is 13.4. The molecule has 1 aromatic carbocycles. The molecule has 1 atom stereocenters. The van der Waals surface area contributed by atoms with Crippen molar-refractivity contribution in [3.05, 3.63) is 29.3 Å². The molecule has 1 unspecified atom stereocenters. The minimum atomic E-state index is 0.678. The van der Waals surface area contributed by atoms with E-state index in [-0.39, 0.29) is 0 Å². The first-order valence-electron chi connectivity index (χ1n) is 6.81. The van der Waals surface area contributed by atoms with Gasteiger partial charge < -0.3 is 10.1 Å². The molecule has 3 heteroatoms. The number of nitrogens with zero attached hydrogens (tertiary/aromatic N) is 1. The number of aryl methyl sites for hydroxylation is 1. The molecule has 2 rings (SSSR count). The molecule has 0 radical (unpaired) electrons. The van der Waals surface area contributed by atoms with E-state index in [2.05, 4.69) is 42.4 Å².